The predicted molar refractivity (Wildman–Crippen MR) is 88.1 cm³/mol. The molecule has 3 rings (SSSR count). The van der Waals surface area contributed by atoms with E-state index in [1.165, 1.54) is 32.0 Å². The van der Waals surface area contributed by atoms with E-state index in [4.69, 9.17) is 4.42 Å². The molecule has 0 aliphatic rings. The van der Waals surface area contributed by atoms with Crippen LogP contribution >= 0.6 is 0 Å². The molecule has 0 amide bonds. The minimum absolute atomic E-state index is 0.101. The number of phenolic OH excluding ortho intramolecular Hbond substituents is 2. The highest BCUT2D eigenvalue weighted by molar-refractivity contribution is 6.12. The van der Waals surface area contributed by atoms with Crippen LogP contribution in [0.5, 0.6) is 11.5 Å². The van der Waals surface area contributed by atoms with Gasteiger partial charge in [-0.15, -0.1) is 0 Å². The van der Waals surface area contributed by atoms with E-state index in [9.17, 15) is 24.6 Å². The summed E-state index contributed by atoms with van der Waals surface area (Å²) in [7, 11) is 0. The molecule has 122 valence electrons. The molecule has 2 aromatic carbocycles. The van der Waals surface area contributed by atoms with E-state index in [0.717, 1.165) is 0 Å². The second-order valence-electron chi connectivity index (χ2n) is 5.67. The molecular formula is C18H14O6. The number of fused-ring (bicyclic) bond motifs is 2. The van der Waals surface area contributed by atoms with Crippen LogP contribution in [-0.2, 0) is 0 Å². The van der Waals surface area contributed by atoms with Crippen LogP contribution in [0.2, 0.25) is 0 Å². The molecule has 0 unspecified atom stereocenters. The Labute approximate surface area is 135 Å². The summed E-state index contributed by atoms with van der Waals surface area (Å²) >= 11 is 0. The maximum atomic E-state index is 12.8. The zero-order chi connectivity index (χ0) is 17.8. The van der Waals surface area contributed by atoms with Gasteiger partial charge in [0.05, 0.1) is 10.8 Å². The van der Waals surface area contributed by atoms with Crippen molar-refractivity contribution in [2.24, 2.45) is 0 Å². The molecule has 0 atom stereocenters. The van der Waals surface area contributed by atoms with Crippen molar-refractivity contribution >= 4 is 33.5 Å². The molecule has 1 heterocycles. The van der Waals surface area contributed by atoms with Gasteiger partial charge in [0, 0.05) is 0 Å². The van der Waals surface area contributed by atoms with Crippen LogP contribution in [0.25, 0.3) is 21.9 Å². The molecule has 1 aromatic heterocycles. The van der Waals surface area contributed by atoms with Gasteiger partial charge in [-0.3, -0.25) is 14.4 Å². The van der Waals surface area contributed by atoms with Crippen molar-refractivity contribution in [3.8, 4) is 11.5 Å². The molecule has 2 N–H and O–H groups in total. The van der Waals surface area contributed by atoms with Crippen LogP contribution in [0.15, 0.2) is 27.4 Å². The van der Waals surface area contributed by atoms with Gasteiger partial charge in [0.25, 0.3) is 0 Å². The van der Waals surface area contributed by atoms with Gasteiger partial charge in [-0.2, -0.15) is 0 Å². The molecule has 6 nitrogen and oxygen atoms in total. The van der Waals surface area contributed by atoms with Crippen molar-refractivity contribution in [1.82, 2.24) is 0 Å². The first-order valence-corrected chi connectivity index (χ1v) is 7.21. The number of rotatable bonds is 2. The quantitative estimate of drug-likeness (QED) is 0.554. The lowest BCUT2D eigenvalue weighted by Crippen LogP contribution is -2.08. The number of carbonyl (C=O) groups is 2. The Morgan fingerprint density at radius 3 is 2.12 bits per heavy atom. The molecule has 0 saturated heterocycles. The van der Waals surface area contributed by atoms with E-state index < -0.39 is 17.0 Å². The first-order chi connectivity index (χ1) is 11.2. The van der Waals surface area contributed by atoms with E-state index in [-0.39, 0.29) is 44.6 Å². The lowest BCUT2D eigenvalue weighted by molar-refractivity contribution is 0.100. The average Bonchev–Trinajstić information content (AvgIpc) is 2.48. The number of carbonyl (C=O) groups excluding carboxylic acids is 2. The zero-order valence-electron chi connectivity index (χ0n) is 13.3. The van der Waals surface area contributed by atoms with E-state index in [0.29, 0.717) is 5.56 Å². The maximum absolute atomic E-state index is 12.8. The van der Waals surface area contributed by atoms with Gasteiger partial charge in [0.15, 0.2) is 22.7 Å². The molecule has 24 heavy (non-hydrogen) atoms. The lowest BCUT2D eigenvalue weighted by Gasteiger charge is -2.11. The maximum Gasteiger partial charge on any atom is 0.200 e. The van der Waals surface area contributed by atoms with Crippen LogP contribution in [0.3, 0.4) is 0 Å². The predicted octanol–water partition coefficient (Wildman–Crippen LogP) is 3.07. The molecule has 0 spiro atoms. The van der Waals surface area contributed by atoms with Gasteiger partial charge in [-0.1, -0.05) is 0 Å². The normalized spacial score (nSPS) is 11.1. The minimum atomic E-state index is -0.485. The Hall–Kier alpha value is -3.15. The second kappa shape index (κ2) is 5.19. The molecular weight excluding hydrogens is 312 g/mol. The topological polar surface area (TPSA) is 105 Å². The molecule has 6 heteroatoms. The molecule has 3 aromatic rings. The smallest absolute Gasteiger partial charge is 0.200 e. The first kappa shape index (κ1) is 15.7. The fourth-order valence-corrected chi connectivity index (χ4v) is 2.84. The number of aromatic hydroxyl groups is 2. The van der Waals surface area contributed by atoms with E-state index in [1.54, 1.807) is 6.92 Å². The molecule has 0 aliphatic heterocycles. The Kier molecular flexibility index (Phi) is 3.41. The fraction of sp³-hybridized carbons (Fsp3) is 0.167. The molecule has 0 aliphatic carbocycles. The van der Waals surface area contributed by atoms with Crippen molar-refractivity contribution in [3.63, 3.8) is 0 Å². The third-order valence-corrected chi connectivity index (χ3v) is 3.98. The van der Waals surface area contributed by atoms with Crippen molar-refractivity contribution in [2.45, 2.75) is 20.8 Å². The highest BCUT2D eigenvalue weighted by Gasteiger charge is 2.22. The molecule has 0 saturated carbocycles. The standard InChI is InChI=1S/C18H14O6/c1-7-6-11-16(23)10-4-5-12(21)13(8(2)19)17(10)24-18(11)14(9(3)20)15(7)22/h4-6,21-22H,1-3H3. The third kappa shape index (κ3) is 2.07. The van der Waals surface area contributed by atoms with E-state index >= 15 is 0 Å². The summed E-state index contributed by atoms with van der Waals surface area (Å²) in [6.45, 7) is 4.05. The number of hydrogen-bond donors (Lipinski definition) is 2. The van der Waals surface area contributed by atoms with Gasteiger partial charge in [-0.05, 0) is 44.5 Å². The number of ketones is 2. The number of aryl methyl sites for hydroxylation is 1. The SMILES string of the molecule is CC(=O)c1c(O)ccc2c(=O)c3cc(C)c(O)c(C(C)=O)c3oc12. The Balaban J connectivity index is 2.68. The van der Waals surface area contributed by atoms with Crippen molar-refractivity contribution < 1.29 is 24.2 Å². The second-order valence-corrected chi connectivity index (χ2v) is 5.67. The summed E-state index contributed by atoms with van der Waals surface area (Å²) in [5, 5.41) is 20.3. The van der Waals surface area contributed by atoms with Crippen LogP contribution < -0.4 is 5.43 Å². The van der Waals surface area contributed by atoms with E-state index in [2.05, 4.69) is 0 Å². The highest BCUT2D eigenvalue weighted by Crippen LogP contribution is 2.34. The summed E-state index contributed by atoms with van der Waals surface area (Å²) in [6, 6.07) is 4.04. The number of phenols is 2. The van der Waals surface area contributed by atoms with Gasteiger partial charge in [0.1, 0.15) is 22.6 Å². The average molecular weight is 326 g/mol. The van der Waals surface area contributed by atoms with Crippen LogP contribution in [0, 0.1) is 6.92 Å². The fourth-order valence-electron chi connectivity index (χ4n) is 2.84. The van der Waals surface area contributed by atoms with Crippen LogP contribution in [-0.4, -0.2) is 21.8 Å². The Morgan fingerprint density at radius 2 is 1.54 bits per heavy atom. The zero-order valence-corrected chi connectivity index (χ0v) is 13.3. The summed E-state index contributed by atoms with van der Waals surface area (Å²) in [5.41, 5.74) is -0.547. The van der Waals surface area contributed by atoms with E-state index in [1.807, 2.05) is 0 Å². The van der Waals surface area contributed by atoms with Crippen LogP contribution in [0.4, 0.5) is 0 Å². The molecule has 0 fully saturated rings. The third-order valence-electron chi connectivity index (χ3n) is 3.98. The van der Waals surface area contributed by atoms with Gasteiger partial charge >= 0.3 is 0 Å². The van der Waals surface area contributed by atoms with Crippen molar-refractivity contribution in [1.29, 1.82) is 0 Å². The monoisotopic (exact) mass is 326 g/mol. The number of Topliss-reactive ketones (excluding diaryl/α,β-unsaturated/α-hetero) is 2. The molecule has 0 radical (unpaired) electrons. The van der Waals surface area contributed by atoms with Crippen LogP contribution in [0.1, 0.15) is 40.1 Å². The Bertz CT molecular complexity index is 1100. The molecule has 0 bridgehead atoms. The Morgan fingerprint density at radius 1 is 0.958 bits per heavy atom. The lowest BCUT2D eigenvalue weighted by atomic mass is 9.99. The minimum Gasteiger partial charge on any atom is -0.507 e. The van der Waals surface area contributed by atoms with Gasteiger partial charge in [0.2, 0.25) is 5.43 Å². The summed E-state index contributed by atoms with van der Waals surface area (Å²) in [4.78, 5) is 36.5. The van der Waals surface area contributed by atoms with Crippen molar-refractivity contribution in [2.75, 3.05) is 0 Å². The summed E-state index contributed by atoms with van der Waals surface area (Å²) in [5.74, 6) is -1.56. The summed E-state index contributed by atoms with van der Waals surface area (Å²) < 4.78 is 5.67. The van der Waals surface area contributed by atoms with Gasteiger partial charge in [-0.25, -0.2) is 0 Å². The highest BCUT2D eigenvalue weighted by atomic mass is 16.3. The summed E-state index contributed by atoms with van der Waals surface area (Å²) in [6.07, 6.45) is 0. The number of benzene rings is 2. The number of hydrogen-bond acceptors (Lipinski definition) is 6. The van der Waals surface area contributed by atoms with Crippen molar-refractivity contribution in [3.05, 3.63) is 45.1 Å². The largest absolute Gasteiger partial charge is 0.507 e. The first-order valence-electron chi connectivity index (χ1n) is 7.21. The van der Waals surface area contributed by atoms with Gasteiger partial charge < -0.3 is 14.6 Å².